The van der Waals surface area contributed by atoms with Crippen molar-refractivity contribution in [1.82, 2.24) is 0 Å². The number of halogens is 14. The van der Waals surface area contributed by atoms with Crippen LogP contribution in [-0.4, -0.2) is 69.5 Å². The minimum Gasteiger partial charge on any atom is -0.282 e. The molecule has 0 amide bonds. The Morgan fingerprint density at radius 1 is 0.667 bits per heavy atom. The highest BCUT2D eigenvalue weighted by molar-refractivity contribution is 8.08. The van der Waals surface area contributed by atoms with Crippen LogP contribution in [-0.2, 0) is 34.5 Å². The molecule has 0 radical (unpaired) electrons. The molecule has 8 nitrogen and oxygen atoms in total. The van der Waals surface area contributed by atoms with Crippen LogP contribution in [0.2, 0.25) is 0 Å². The molecule has 0 spiro atoms. The number of hydrogen-bond donors (Lipinski definition) is 1. The molecule has 2 aromatic rings. The fourth-order valence-electron chi connectivity index (χ4n) is 2.75. The zero-order chi connectivity index (χ0) is 35.5. The van der Waals surface area contributed by atoms with Gasteiger partial charge in [0, 0.05) is 11.0 Å². The van der Waals surface area contributed by atoms with Gasteiger partial charge >= 0.3 is 34.6 Å². The van der Waals surface area contributed by atoms with Gasteiger partial charge in [-0.2, -0.15) is 61.1 Å². The predicted octanol–water partition coefficient (Wildman–Crippen LogP) is 5.81. The first kappa shape index (κ1) is 38.8. The summed E-state index contributed by atoms with van der Waals surface area (Å²) in [6, 6.07) is 0.469. The van der Waals surface area contributed by atoms with Crippen molar-refractivity contribution in [3.05, 3.63) is 54.1 Å². The number of sulfone groups is 2. The minimum absolute atomic E-state index is 0.0383. The Balaban J connectivity index is 2.44. The Kier molecular flexibility index (Phi) is 10.1. The Morgan fingerprint density at radius 3 is 1.56 bits per heavy atom. The van der Waals surface area contributed by atoms with Gasteiger partial charge < -0.3 is 0 Å². The summed E-state index contributed by atoms with van der Waals surface area (Å²) >= 11 is -1.91. The lowest BCUT2D eigenvalue weighted by molar-refractivity contribution is -0.489. The summed E-state index contributed by atoms with van der Waals surface area (Å²) in [7, 11) is -18.5. The number of benzene rings is 2. The van der Waals surface area contributed by atoms with Crippen LogP contribution in [0.15, 0.2) is 57.2 Å². The molecule has 0 aromatic heterocycles. The second-order valence-electron chi connectivity index (χ2n) is 8.29. The largest absolute Gasteiger partial charge is 0.431 e. The van der Waals surface area contributed by atoms with Crippen LogP contribution in [0.4, 0.5) is 61.5 Å². The van der Waals surface area contributed by atoms with E-state index in [9.17, 15) is 86.7 Å². The van der Waals surface area contributed by atoms with Gasteiger partial charge in [-0.1, -0.05) is 0 Å². The summed E-state index contributed by atoms with van der Waals surface area (Å²) in [6.45, 7) is 0. The van der Waals surface area contributed by atoms with Crippen LogP contribution in [0.1, 0.15) is 0 Å². The van der Waals surface area contributed by atoms with Gasteiger partial charge in [0.1, 0.15) is 11.6 Å². The molecule has 0 atom stereocenters. The first-order valence-electron chi connectivity index (χ1n) is 10.4. The number of thioether (sulfide) groups is 1. The van der Waals surface area contributed by atoms with E-state index in [1.54, 1.807) is 4.74 Å². The van der Waals surface area contributed by atoms with Crippen molar-refractivity contribution in [2.75, 3.05) is 5.08 Å². The fraction of sp³-hybridized carbons (Fsp3) is 0.368. The molecular formula is C19H10F14O8S4. The SMILES string of the molecule is O=S(=O)(O)c1ccc(S(=O)(=O)CS(=O)(=O)C(F)(F)C(F)(F)C(F)(F)OC(F)(F)C(F)(F)C(F)(F)Sc2ccc(F)cc2F)cc1. The molecule has 1 N–H and O–H groups in total. The van der Waals surface area contributed by atoms with Crippen molar-refractivity contribution in [1.29, 1.82) is 0 Å². The standard InChI is InChI=1S/C19H10F14O8S4/c20-9-1-6-13(12(21)7-9)42-18(30,31)14(22,23)16(26,27)41-17(28,29)15(24,25)19(32,33)44(36,37)8-43(34,35)10-2-4-11(5-3-10)45(38,39)40/h1-7H,8H2,(H,38,39,40). The average molecular weight is 761 g/mol. The molecule has 0 saturated carbocycles. The average Bonchev–Trinajstić information content (AvgIpc) is 2.83. The number of ether oxygens (including phenoxy) is 1. The van der Waals surface area contributed by atoms with Crippen LogP contribution in [0.25, 0.3) is 0 Å². The zero-order valence-corrected chi connectivity index (χ0v) is 23.7. The van der Waals surface area contributed by atoms with E-state index in [1.807, 2.05) is 0 Å². The van der Waals surface area contributed by atoms with E-state index < -0.39 is 108 Å². The highest BCUT2D eigenvalue weighted by Gasteiger charge is 2.83. The van der Waals surface area contributed by atoms with Crippen LogP contribution in [0.5, 0.6) is 0 Å². The van der Waals surface area contributed by atoms with Gasteiger partial charge in [-0.3, -0.25) is 4.55 Å². The minimum atomic E-state index is -7.94. The molecule has 0 aliphatic heterocycles. The second-order valence-corrected chi connectivity index (χ2v) is 15.3. The maximum absolute atomic E-state index is 14.3. The van der Waals surface area contributed by atoms with Gasteiger partial charge in [-0.15, -0.1) is 0 Å². The molecule has 0 fully saturated rings. The van der Waals surface area contributed by atoms with Crippen molar-refractivity contribution in [2.45, 2.75) is 49.3 Å². The lowest BCUT2D eigenvalue weighted by Gasteiger charge is -2.37. The maximum atomic E-state index is 14.3. The highest BCUT2D eigenvalue weighted by Crippen LogP contribution is 2.58. The van der Waals surface area contributed by atoms with Crippen LogP contribution >= 0.6 is 11.8 Å². The molecule has 26 heteroatoms. The number of hydrogen-bond acceptors (Lipinski definition) is 8. The maximum Gasteiger partial charge on any atom is 0.431 e. The number of alkyl halides is 12. The van der Waals surface area contributed by atoms with Crippen molar-refractivity contribution < 1.29 is 96.0 Å². The first-order chi connectivity index (χ1) is 19.8. The first-order valence-corrected chi connectivity index (χ1v) is 16.0. The van der Waals surface area contributed by atoms with Crippen molar-refractivity contribution >= 4 is 41.6 Å². The third-order valence-electron chi connectivity index (χ3n) is 5.03. The Morgan fingerprint density at radius 2 is 1.11 bits per heavy atom. The summed E-state index contributed by atoms with van der Waals surface area (Å²) in [5.41, 5.74) is 0. The molecule has 0 bridgehead atoms. The van der Waals surface area contributed by atoms with E-state index in [-0.39, 0.29) is 42.5 Å². The topological polar surface area (TPSA) is 132 Å². The molecule has 0 unspecified atom stereocenters. The predicted molar refractivity (Wildman–Crippen MR) is 120 cm³/mol. The zero-order valence-electron chi connectivity index (χ0n) is 20.5. The molecule has 2 aromatic carbocycles. The summed E-state index contributed by atoms with van der Waals surface area (Å²) in [4.78, 5) is -4.31. The summed E-state index contributed by atoms with van der Waals surface area (Å²) in [5, 5.41) is -17.3. The molecule has 0 heterocycles. The lowest BCUT2D eigenvalue weighted by atomic mass is 10.3. The Bertz CT molecular complexity index is 1760. The van der Waals surface area contributed by atoms with Crippen LogP contribution in [0.3, 0.4) is 0 Å². The van der Waals surface area contributed by atoms with E-state index in [0.29, 0.717) is 0 Å². The molecule has 256 valence electrons. The second kappa shape index (κ2) is 11.7. The van der Waals surface area contributed by atoms with E-state index in [2.05, 4.69) is 0 Å². The smallest absolute Gasteiger partial charge is 0.282 e. The van der Waals surface area contributed by atoms with Crippen molar-refractivity contribution in [3.63, 3.8) is 0 Å². The Hall–Kier alpha value is -2.42. The molecular weight excluding hydrogens is 750 g/mol. The quantitative estimate of drug-likeness (QED) is 0.153. The molecule has 0 aliphatic rings. The van der Waals surface area contributed by atoms with Gasteiger partial charge in [-0.05, 0) is 48.2 Å². The van der Waals surface area contributed by atoms with E-state index >= 15 is 0 Å². The van der Waals surface area contributed by atoms with Gasteiger partial charge in [0.15, 0.2) is 14.9 Å². The summed E-state index contributed by atoms with van der Waals surface area (Å²) in [6.07, 6.45) is -15.5. The van der Waals surface area contributed by atoms with E-state index in [0.717, 1.165) is 0 Å². The van der Waals surface area contributed by atoms with E-state index in [1.165, 1.54) is 0 Å². The summed E-state index contributed by atoms with van der Waals surface area (Å²) in [5.74, 6) is -19.0. The van der Waals surface area contributed by atoms with Crippen molar-refractivity contribution in [2.24, 2.45) is 0 Å². The van der Waals surface area contributed by atoms with Gasteiger partial charge in [0.25, 0.3) is 10.1 Å². The van der Waals surface area contributed by atoms with Gasteiger partial charge in [0.05, 0.1) is 9.79 Å². The monoisotopic (exact) mass is 760 g/mol. The molecule has 0 aliphatic carbocycles. The highest BCUT2D eigenvalue weighted by atomic mass is 32.3. The van der Waals surface area contributed by atoms with Crippen LogP contribution in [0, 0.1) is 11.6 Å². The van der Waals surface area contributed by atoms with Gasteiger partial charge in [0.2, 0.25) is 9.84 Å². The normalized spacial score (nSPS) is 14.9. The van der Waals surface area contributed by atoms with Gasteiger partial charge in [-0.25, -0.2) is 30.4 Å². The third kappa shape index (κ3) is 7.28. The molecule has 2 rings (SSSR count). The van der Waals surface area contributed by atoms with Crippen LogP contribution < -0.4 is 0 Å². The molecule has 0 saturated heterocycles. The summed E-state index contributed by atoms with van der Waals surface area (Å²) < 4.78 is 275. The molecule has 45 heavy (non-hydrogen) atoms. The van der Waals surface area contributed by atoms with Crippen molar-refractivity contribution in [3.8, 4) is 0 Å². The lowest BCUT2D eigenvalue weighted by Crippen LogP contribution is -2.64. The van der Waals surface area contributed by atoms with E-state index in [4.69, 9.17) is 4.55 Å². The third-order valence-corrected chi connectivity index (χ3v) is 11.5. The fourth-order valence-corrected chi connectivity index (χ4v) is 7.88. The number of rotatable bonds is 13. The Labute approximate surface area is 245 Å².